The Kier molecular flexibility index (Phi) is 13.7. The summed E-state index contributed by atoms with van der Waals surface area (Å²) in [6.07, 6.45) is 10.1. The minimum atomic E-state index is 0. The van der Waals surface area contributed by atoms with Crippen LogP contribution in [0.4, 0.5) is 0 Å². The topological polar surface area (TPSA) is 58.1 Å². The Morgan fingerprint density at radius 2 is 1.81 bits per heavy atom. The molecule has 27 heavy (non-hydrogen) atoms. The van der Waals surface area contributed by atoms with Crippen LogP contribution in [0.1, 0.15) is 58.3 Å². The molecule has 1 aliphatic carbocycles. The van der Waals surface area contributed by atoms with E-state index in [1.165, 1.54) is 38.5 Å². The number of nitrogens with one attached hydrogen (secondary N) is 2. The fraction of sp³-hybridized carbons (Fsp3) is 0.950. The molecule has 1 saturated heterocycles. The number of nitrogens with zero attached hydrogens (tertiary/aromatic N) is 2. The van der Waals surface area contributed by atoms with Gasteiger partial charge in [-0.05, 0) is 39.0 Å². The molecule has 0 amide bonds. The maximum Gasteiger partial charge on any atom is 0.191 e. The lowest BCUT2D eigenvalue weighted by molar-refractivity contribution is -0.0333. The van der Waals surface area contributed by atoms with Crippen LogP contribution in [-0.2, 0) is 9.47 Å². The molecule has 0 bridgehead atoms. The van der Waals surface area contributed by atoms with Crippen LogP contribution in [-0.4, -0.2) is 76.1 Å². The number of guanidine groups is 1. The third kappa shape index (κ3) is 8.83. The molecule has 0 aromatic heterocycles. The highest BCUT2D eigenvalue weighted by atomic mass is 127. The molecule has 0 unspecified atom stereocenters. The Bertz CT molecular complexity index is 397. The first-order valence-corrected chi connectivity index (χ1v) is 10.6. The molecule has 1 heterocycles. The number of aliphatic imine (C=N–C) groups is 1. The lowest BCUT2D eigenvalue weighted by Crippen LogP contribution is -2.56. The predicted molar refractivity (Wildman–Crippen MR) is 123 cm³/mol. The van der Waals surface area contributed by atoms with E-state index in [2.05, 4.69) is 22.5 Å². The molecule has 160 valence electrons. The Balaban J connectivity index is 0.00000364. The smallest absolute Gasteiger partial charge is 0.191 e. The molecule has 0 spiro atoms. The Morgan fingerprint density at radius 1 is 1.07 bits per heavy atom. The van der Waals surface area contributed by atoms with Gasteiger partial charge in [0.2, 0.25) is 0 Å². The van der Waals surface area contributed by atoms with Crippen LogP contribution in [0.3, 0.4) is 0 Å². The third-order valence-corrected chi connectivity index (χ3v) is 5.66. The van der Waals surface area contributed by atoms with Gasteiger partial charge in [0.05, 0.1) is 19.8 Å². The third-order valence-electron chi connectivity index (χ3n) is 5.66. The van der Waals surface area contributed by atoms with Crippen molar-refractivity contribution in [3.05, 3.63) is 0 Å². The molecular formula is C20H41IN4O2. The van der Waals surface area contributed by atoms with Crippen molar-refractivity contribution in [2.75, 3.05) is 59.7 Å². The van der Waals surface area contributed by atoms with Crippen molar-refractivity contribution in [1.29, 1.82) is 0 Å². The number of halogens is 1. The lowest BCUT2D eigenvalue weighted by Gasteiger charge is -2.47. The first-order valence-electron chi connectivity index (χ1n) is 10.6. The van der Waals surface area contributed by atoms with Crippen LogP contribution in [0.5, 0.6) is 0 Å². The molecule has 7 heteroatoms. The maximum atomic E-state index is 5.58. The highest BCUT2D eigenvalue weighted by Gasteiger charge is 2.38. The number of morpholine rings is 1. The van der Waals surface area contributed by atoms with Crippen molar-refractivity contribution in [1.82, 2.24) is 15.5 Å². The van der Waals surface area contributed by atoms with Gasteiger partial charge in [0, 0.05) is 45.4 Å². The van der Waals surface area contributed by atoms with Gasteiger partial charge < -0.3 is 20.1 Å². The molecule has 0 aromatic rings. The summed E-state index contributed by atoms with van der Waals surface area (Å²) in [4.78, 5) is 7.67. The predicted octanol–water partition coefficient (Wildman–Crippen LogP) is 3.01. The Labute approximate surface area is 183 Å². The van der Waals surface area contributed by atoms with Crippen LogP contribution in [0.15, 0.2) is 4.99 Å². The zero-order valence-corrected chi connectivity index (χ0v) is 19.8. The van der Waals surface area contributed by atoms with Gasteiger partial charge in [-0.1, -0.05) is 19.3 Å². The van der Waals surface area contributed by atoms with Crippen molar-refractivity contribution in [2.45, 2.75) is 63.8 Å². The van der Waals surface area contributed by atoms with Crippen molar-refractivity contribution in [2.24, 2.45) is 4.99 Å². The summed E-state index contributed by atoms with van der Waals surface area (Å²) in [6.45, 7) is 9.60. The van der Waals surface area contributed by atoms with Gasteiger partial charge in [-0.25, -0.2) is 0 Å². The average Bonchev–Trinajstić information content (AvgIpc) is 2.70. The summed E-state index contributed by atoms with van der Waals surface area (Å²) in [7, 11) is 1.77. The first-order chi connectivity index (χ1) is 12.8. The fourth-order valence-electron chi connectivity index (χ4n) is 4.14. The lowest BCUT2D eigenvalue weighted by atomic mass is 9.80. The van der Waals surface area contributed by atoms with Gasteiger partial charge in [0.25, 0.3) is 0 Å². The summed E-state index contributed by atoms with van der Waals surface area (Å²) in [6, 6.07) is 0. The number of hydrogen-bond donors (Lipinski definition) is 2. The van der Waals surface area contributed by atoms with E-state index >= 15 is 0 Å². The van der Waals surface area contributed by atoms with Gasteiger partial charge in [0.15, 0.2) is 5.96 Å². The Morgan fingerprint density at radius 3 is 2.48 bits per heavy atom. The molecule has 2 fully saturated rings. The molecule has 1 aliphatic heterocycles. The monoisotopic (exact) mass is 496 g/mol. The van der Waals surface area contributed by atoms with Gasteiger partial charge in [-0.2, -0.15) is 0 Å². The molecule has 1 saturated carbocycles. The van der Waals surface area contributed by atoms with E-state index in [-0.39, 0.29) is 29.5 Å². The van der Waals surface area contributed by atoms with E-state index in [1.807, 2.05) is 0 Å². The number of hydrogen-bond acceptors (Lipinski definition) is 4. The van der Waals surface area contributed by atoms with E-state index < -0.39 is 0 Å². The van der Waals surface area contributed by atoms with Crippen molar-refractivity contribution < 1.29 is 9.47 Å². The number of ether oxygens (including phenoxy) is 2. The highest BCUT2D eigenvalue weighted by Crippen LogP contribution is 2.34. The van der Waals surface area contributed by atoms with Crippen LogP contribution in [0.2, 0.25) is 0 Å². The van der Waals surface area contributed by atoms with Crippen LogP contribution < -0.4 is 10.6 Å². The molecule has 0 aromatic carbocycles. The van der Waals surface area contributed by atoms with Crippen LogP contribution >= 0.6 is 24.0 Å². The largest absolute Gasteiger partial charge is 0.385 e. The molecular weight excluding hydrogens is 455 g/mol. The summed E-state index contributed by atoms with van der Waals surface area (Å²) < 4.78 is 10.7. The molecule has 0 atom stereocenters. The second-order valence-corrected chi connectivity index (χ2v) is 7.56. The minimum Gasteiger partial charge on any atom is -0.385 e. The van der Waals surface area contributed by atoms with Gasteiger partial charge in [-0.15, -0.1) is 24.0 Å². The van der Waals surface area contributed by atoms with E-state index in [0.717, 1.165) is 71.3 Å². The molecule has 2 aliphatic rings. The number of rotatable bonds is 10. The minimum absolute atomic E-state index is 0. The maximum absolute atomic E-state index is 5.58. The van der Waals surface area contributed by atoms with E-state index in [9.17, 15) is 0 Å². The second kappa shape index (κ2) is 14.8. The fourth-order valence-corrected chi connectivity index (χ4v) is 4.14. The average molecular weight is 496 g/mol. The van der Waals surface area contributed by atoms with Crippen molar-refractivity contribution in [3.8, 4) is 0 Å². The van der Waals surface area contributed by atoms with Gasteiger partial charge in [-0.3, -0.25) is 9.89 Å². The summed E-state index contributed by atoms with van der Waals surface area (Å²) in [5.74, 6) is 0.970. The second-order valence-electron chi connectivity index (χ2n) is 7.56. The summed E-state index contributed by atoms with van der Waals surface area (Å²) >= 11 is 0. The van der Waals surface area contributed by atoms with Gasteiger partial charge >= 0.3 is 0 Å². The van der Waals surface area contributed by atoms with Crippen LogP contribution in [0.25, 0.3) is 0 Å². The van der Waals surface area contributed by atoms with Crippen molar-refractivity contribution in [3.63, 3.8) is 0 Å². The van der Waals surface area contributed by atoms with Crippen molar-refractivity contribution >= 4 is 29.9 Å². The molecule has 2 N–H and O–H groups in total. The molecule has 6 nitrogen and oxygen atoms in total. The number of unbranched alkanes of at least 4 members (excludes halogenated alkanes) is 2. The summed E-state index contributed by atoms with van der Waals surface area (Å²) in [5, 5.41) is 6.93. The van der Waals surface area contributed by atoms with E-state index in [4.69, 9.17) is 14.5 Å². The summed E-state index contributed by atoms with van der Waals surface area (Å²) in [5.41, 5.74) is 0.239. The molecule has 0 radical (unpaired) electrons. The first kappa shape index (κ1) is 24.9. The zero-order valence-electron chi connectivity index (χ0n) is 17.4. The standard InChI is InChI=1S/C20H40N4O2.HI/c1-3-21-19(22-12-8-5-9-15-25-2)23-18-20(10-6-4-7-11-20)24-13-16-26-17-14-24;/h3-18H2,1-2H3,(H2,21,22,23);1H. The van der Waals surface area contributed by atoms with Gasteiger partial charge in [0.1, 0.15) is 0 Å². The Hall–Kier alpha value is -0.120. The van der Waals surface area contributed by atoms with Crippen LogP contribution in [0, 0.1) is 0 Å². The normalized spacial score (nSPS) is 20.7. The zero-order chi connectivity index (χ0) is 18.5. The molecule has 2 rings (SSSR count). The highest BCUT2D eigenvalue weighted by molar-refractivity contribution is 14.0. The SMILES string of the molecule is CCNC(=NCC1(N2CCOCC2)CCCCC1)NCCCCCOC.I. The quantitative estimate of drug-likeness (QED) is 0.211. The number of methoxy groups -OCH3 is 1. The van der Waals surface area contributed by atoms with E-state index in [1.54, 1.807) is 7.11 Å². The van der Waals surface area contributed by atoms with E-state index in [0.29, 0.717) is 0 Å².